The fraction of sp³-hybridized carbons (Fsp3) is 0. The molecule has 4 aromatic heterocycles. The maximum Gasteiger partial charge on any atom is 0.161 e. The molecule has 0 aliphatic carbocycles. The Morgan fingerprint density at radius 2 is 0.476 bits per heavy atom. The Labute approximate surface area is 484 Å². The van der Waals surface area contributed by atoms with Crippen molar-refractivity contribution in [2.24, 2.45) is 0 Å². The Morgan fingerprint density at radius 1 is 0.202 bits per heavy atom. The summed E-state index contributed by atoms with van der Waals surface area (Å²) >= 11 is 0. The largest absolute Gasteiger partial charge is 0.256 e. The smallest absolute Gasteiger partial charge is 0.161 e. The van der Waals surface area contributed by atoms with Crippen LogP contribution in [-0.2, 0) is 0 Å². The fourth-order valence-electron chi connectivity index (χ4n) is 12.2. The highest BCUT2D eigenvalue weighted by Crippen LogP contribution is 2.41. The van der Waals surface area contributed by atoms with Gasteiger partial charge in [0.2, 0.25) is 0 Å². The second-order valence-electron chi connectivity index (χ2n) is 21.4. The van der Waals surface area contributed by atoms with Crippen LogP contribution in [0.5, 0.6) is 0 Å². The topological polar surface area (TPSA) is 77.3 Å². The summed E-state index contributed by atoms with van der Waals surface area (Å²) in [6.07, 6.45) is 3.72. The minimum Gasteiger partial charge on any atom is -0.256 e. The molecule has 6 heteroatoms. The van der Waals surface area contributed by atoms with Gasteiger partial charge < -0.3 is 0 Å². The monoisotopic (exact) mass is 1070 g/mol. The molecule has 390 valence electrons. The minimum absolute atomic E-state index is 0.678. The Balaban J connectivity index is 0.774. The van der Waals surface area contributed by atoms with Crippen molar-refractivity contribution in [2.75, 3.05) is 0 Å². The fourth-order valence-corrected chi connectivity index (χ4v) is 12.2. The molecule has 12 aromatic carbocycles. The molecule has 0 saturated heterocycles. The third-order valence-electron chi connectivity index (χ3n) is 16.4. The molecule has 84 heavy (non-hydrogen) atoms. The van der Waals surface area contributed by atoms with Crippen molar-refractivity contribution in [3.63, 3.8) is 0 Å². The Morgan fingerprint density at radius 3 is 0.810 bits per heavy atom. The average Bonchev–Trinajstić information content (AvgIpc) is 3.59. The van der Waals surface area contributed by atoms with Crippen LogP contribution >= 0.6 is 0 Å². The van der Waals surface area contributed by atoms with E-state index in [4.69, 9.17) is 29.9 Å². The van der Waals surface area contributed by atoms with Crippen molar-refractivity contribution in [3.8, 4) is 101 Å². The van der Waals surface area contributed by atoms with Crippen LogP contribution in [-0.4, -0.2) is 29.9 Å². The van der Waals surface area contributed by atoms with E-state index in [1.807, 2.05) is 24.5 Å². The highest BCUT2D eigenvalue weighted by molar-refractivity contribution is 6.13. The molecule has 16 rings (SSSR count). The molecule has 0 bridgehead atoms. The number of pyridine rings is 2. The van der Waals surface area contributed by atoms with Crippen molar-refractivity contribution in [2.45, 2.75) is 0 Å². The van der Waals surface area contributed by atoms with Gasteiger partial charge >= 0.3 is 0 Å². The Hall–Kier alpha value is -11.3. The molecule has 0 aliphatic rings. The second-order valence-corrected chi connectivity index (χ2v) is 21.4. The summed E-state index contributed by atoms with van der Waals surface area (Å²) in [5.41, 5.74) is 17.9. The van der Waals surface area contributed by atoms with E-state index in [2.05, 4.69) is 267 Å². The van der Waals surface area contributed by atoms with Gasteiger partial charge in [0.1, 0.15) is 0 Å². The summed E-state index contributed by atoms with van der Waals surface area (Å²) in [6.45, 7) is 0. The number of benzene rings is 12. The lowest BCUT2D eigenvalue weighted by molar-refractivity contribution is 1.19. The normalized spacial score (nSPS) is 11.6. The lowest BCUT2D eigenvalue weighted by atomic mass is 9.95. The van der Waals surface area contributed by atoms with Crippen molar-refractivity contribution < 1.29 is 0 Å². The van der Waals surface area contributed by atoms with E-state index in [1.165, 1.54) is 0 Å². The van der Waals surface area contributed by atoms with Gasteiger partial charge in [0.05, 0.1) is 33.8 Å². The first kappa shape index (κ1) is 48.6. The van der Waals surface area contributed by atoms with Crippen molar-refractivity contribution in [1.82, 2.24) is 29.9 Å². The molecule has 4 heterocycles. The molecule has 0 saturated carbocycles. The summed E-state index contributed by atoms with van der Waals surface area (Å²) in [4.78, 5) is 31.2. The molecular formula is C78H48N6. The molecule has 0 spiro atoms. The standard InChI is InChI=1S/C78H48N6/c1-5-21-63-59(13-1)45-60-14-2-6-22-64(60)73(63)77-81-69(47-71(83-77)55-39-31-51(32-40-55)67-25-9-17-57-19-11-43-79-75(57)67)53-35-27-49(28-36-53)50-29-37-54(38-30-50)70-48-72(56-41-33-52(34-42-56)68-26-10-18-58-20-12-44-80-76(58)68)84-78(82-70)74-65-23-7-3-15-61(65)46-62-16-4-8-24-66(62)74/h1-48H. The van der Waals surface area contributed by atoms with Crippen molar-refractivity contribution >= 4 is 64.9 Å². The van der Waals surface area contributed by atoms with Gasteiger partial charge in [0.15, 0.2) is 11.6 Å². The van der Waals surface area contributed by atoms with Gasteiger partial charge in [-0.2, -0.15) is 0 Å². The molecule has 0 N–H and O–H groups in total. The maximum absolute atomic E-state index is 5.43. The molecule has 0 aliphatic heterocycles. The van der Waals surface area contributed by atoms with E-state index < -0.39 is 0 Å². The van der Waals surface area contributed by atoms with Gasteiger partial charge in [-0.25, -0.2) is 19.9 Å². The zero-order valence-electron chi connectivity index (χ0n) is 45.4. The SMILES string of the molecule is c1ccc2c(-c3nc(-c4ccc(-c5ccc(-c6cc(-c7ccc(-c8cccc9cccnc89)cc7)nc(-c7c8ccccc8cc8ccccc78)n6)cc5)cc4)cc(-c4ccc(-c5cccc6cccnc56)cc4)n3)c3ccccc3cc2c1. The van der Waals surface area contributed by atoms with E-state index in [9.17, 15) is 0 Å². The van der Waals surface area contributed by atoms with Crippen LogP contribution in [0.15, 0.2) is 291 Å². The van der Waals surface area contributed by atoms with Crippen molar-refractivity contribution in [3.05, 3.63) is 291 Å². The molecular weight excluding hydrogens is 1020 g/mol. The third-order valence-corrected chi connectivity index (χ3v) is 16.4. The van der Waals surface area contributed by atoms with E-state index >= 15 is 0 Å². The number of hydrogen-bond acceptors (Lipinski definition) is 6. The van der Waals surface area contributed by atoms with Crippen LogP contribution in [0.3, 0.4) is 0 Å². The van der Waals surface area contributed by atoms with Gasteiger partial charge in [-0.1, -0.05) is 243 Å². The summed E-state index contributed by atoms with van der Waals surface area (Å²) in [7, 11) is 0. The van der Waals surface area contributed by atoms with E-state index in [-0.39, 0.29) is 0 Å². The number of nitrogens with zero attached hydrogens (tertiary/aromatic N) is 6. The first-order valence-corrected chi connectivity index (χ1v) is 28.3. The molecule has 16 aromatic rings. The first-order chi connectivity index (χ1) is 41.6. The van der Waals surface area contributed by atoms with Crippen LogP contribution in [0.4, 0.5) is 0 Å². The second kappa shape index (κ2) is 20.3. The predicted octanol–water partition coefficient (Wildman–Crippen LogP) is 20.0. The van der Waals surface area contributed by atoms with Gasteiger partial charge in [0.25, 0.3) is 0 Å². The average molecular weight is 1070 g/mol. The highest BCUT2D eigenvalue weighted by Gasteiger charge is 2.20. The van der Waals surface area contributed by atoms with Crippen LogP contribution < -0.4 is 0 Å². The van der Waals surface area contributed by atoms with Crippen LogP contribution in [0, 0.1) is 0 Å². The summed E-state index contributed by atoms with van der Waals surface area (Å²) in [5, 5.41) is 11.2. The number of aromatic nitrogens is 6. The van der Waals surface area contributed by atoms with Gasteiger partial charge in [0, 0.05) is 67.7 Å². The van der Waals surface area contributed by atoms with Crippen LogP contribution in [0.2, 0.25) is 0 Å². The lowest BCUT2D eigenvalue weighted by Crippen LogP contribution is -1.98. The number of fused-ring (bicyclic) bond motifs is 6. The van der Waals surface area contributed by atoms with Gasteiger partial charge in [-0.3, -0.25) is 9.97 Å². The quantitative estimate of drug-likeness (QED) is 0.134. The lowest BCUT2D eigenvalue weighted by Gasteiger charge is -2.15. The Bertz CT molecular complexity index is 4780. The number of hydrogen-bond donors (Lipinski definition) is 0. The number of para-hydroxylation sites is 2. The Kier molecular flexibility index (Phi) is 11.8. The number of rotatable bonds is 9. The maximum atomic E-state index is 5.43. The zero-order chi connectivity index (χ0) is 55.5. The molecule has 0 amide bonds. The molecule has 0 unspecified atom stereocenters. The van der Waals surface area contributed by atoms with E-state index in [1.54, 1.807) is 0 Å². The molecule has 0 fully saturated rings. The summed E-state index contributed by atoms with van der Waals surface area (Å²) in [5.74, 6) is 1.36. The van der Waals surface area contributed by atoms with Gasteiger partial charge in [-0.05, 0) is 102 Å². The van der Waals surface area contributed by atoms with Crippen LogP contribution in [0.1, 0.15) is 0 Å². The predicted molar refractivity (Wildman–Crippen MR) is 347 cm³/mol. The third kappa shape index (κ3) is 8.69. The van der Waals surface area contributed by atoms with Crippen LogP contribution in [0.25, 0.3) is 166 Å². The van der Waals surface area contributed by atoms with E-state index in [0.29, 0.717) is 11.6 Å². The van der Waals surface area contributed by atoms with Crippen molar-refractivity contribution in [1.29, 1.82) is 0 Å². The molecule has 0 atom stereocenters. The van der Waals surface area contributed by atoms with E-state index in [0.717, 1.165) is 154 Å². The zero-order valence-corrected chi connectivity index (χ0v) is 45.4. The molecule has 6 nitrogen and oxygen atoms in total. The molecule has 0 radical (unpaired) electrons. The first-order valence-electron chi connectivity index (χ1n) is 28.3. The van der Waals surface area contributed by atoms with Gasteiger partial charge in [-0.15, -0.1) is 0 Å². The summed E-state index contributed by atoms with van der Waals surface area (Å²) in [6, 6.07) is 98.6. The highest BCUT2D eigenvalue weighted by atomic mass is 14.9. The minimum atomic E-state index is 0.678. The summed E-state index contributed by atoms with van der Waals surface area (Å²) < 4.78 is 0.